The summed E-state index contributed by atoms with van der Waals surface area (Å²) >= 11 is 0. The third-order valence-corrected chi connectivity index (χ3v) is 6.25. The molecule has 0 spiro atoms. The van der Waals surface area contributed by atoms with E-state index in [-0.39, 0.29) is 24.2 Å². The Morgan fingerprint density at radius 1 is 1.20 bits per heavy atom. The van der Waals surface area contributed by atoms with Crippen molar-refractivity contribution < 1.29 is 14.6 Å². The van der Waals surface area contributed by atoms with Gasteiger partial charge in [-0.05, 0) is 38.3 Å². The largest absolute Gasteiger partial charge is 0.393 e. The van der Waals surface area contributed by atoms with Crippen LogP contribution < -0.4 is 0 Å². The average molecular weight is 413 g/mol. The minimum absolute atomic E-state index is 0.0403. The lowest BCUT2D eigenvalue weighted by atomic mass is 9.96. The summed E-state index contributed by atoms with van der Waals surface area (Å²) in [6.45, 7) is 8.28. The van der Waals surface area contributed by atoms with E-state index in [1.807, 2.05) is 47.7 Å². The lowest BCUT2D eigenvalue weighted by Gasteiger charge is -2.43. The number of morpholine rings is 1. The SMILES string of the molecule is CCn1nc(C(=O)N2CCO[C@@H](CN3CCC(O)CC3)[C@@H]2c2ccccc2)cc1C. The molecule has 1 aromatic carbocycles. The van der Waals surface area contributed by atoms with Crippen molar-refractivity contribution in [1.29, 1.82) is 0 Å². The zero-order chi connectivity index (χ0) is 21.1. The quantitative estimate of drug-likeness (QED) is 0.816. The van der Waals surface area contributed by atoms with Gasteiger partial charge >= 0.3 is 0 Å². The van der Waals surface area contributed by atoms with Crippen molar-refractivity contribution >= 4 is 5.91 Å². The number of rotatable bonds is 5. The Balaban J connectivity index is 1.60. The number of aryl methyl sites for hydroxylation is 2. The first-order chi connectivity index (χ1) is 14.6. The monoisotopic (exact) mass is 412 g/mol. The lowest BCUT2D eigenvalue weighted by molar-refractivity contribution is -0.0772. The summed E-state index contributed by atoms with van der Waals surface area (Å²) in [7, 11) is 0. The molecule has 0 radical (unpaired) electrons. The van der Waals surface area contributed by atoms with Gasteiger partial charge in [0.2, 0.25) is 0 Å². The van der Waals surface area contributed by atoms with Gasteiger partial charge in [0.25, 0.3) is 5.91 Å². The van der Waals surface area contributed by atoms with Crippen LogP contribution in [0.4, 0.5) is 0 Å². The number of nitrogens with zero attached hydrogens (tertiary/aromatic N) is 4. The third kappa shape index (κ3) is 4.43. The highest BCUT2D eigenvalue weighted by Crippen LogP contribution is 2.32. The second-order valence-corrected chi connectivity index (χ2v) is 8.28. The number of piperidine rings is 1. The van der Waals surface area contributed by atoms with E-state index in [4.69, 9.17) is 4.74 Å². The molecule has 2 aliphatic rings. The van der Waals surface area contributed by atoms with Crippen molar-refractivity contribution in [2.45, 2.75) is 51.5 Å². The molecule has 2 aliphatic heterocycles. The molecule has 3 heterocycles. The van der Waals surface area contributed by atoms with Crippen molar-refractivity contribution in [3.8, 4) is 0 Å². The minimum atomic E-state index is -0.201. The molecule has 2 aromatic rings. The number of hydrogen-bond donors (Lipinski definition) is 1. The van der Waals surface area contributed by atoms with Gasteiger partial charge in [-0.25, -0.2) is 0 Å². The maximum Gasteiger partial charge on any atom is 0.275 e. The molecular formula is C23H32N4O3. The van der Waals surface area contributed by atoms with Gasteiger partial charge < -0.3 is 19.6 Å². The number of amides is 1. The van der Waals surface area contributed by atoms with E-state index in [0.717, 1.165) is 50.3 Å². The van der Waals surface area contributed by atoms with Gasteiger partial charge in [-0.2, -0.15) is 5.10 Å². The molecule has 0 unspecified atom stereocenters. The van der Waals surface area contributed by atoms with Gasteiger partial charge in [-0.3, -0.25) is 9.48 Å². The molecule has 0 bridgehead atoms. The summed E-state index contributed by atoms with van der Waals surface area (Å²) < 4.78 is 8.08. The fourth-order valence-electron chi connectivity index (χ4n) is 4.60. The van der Waals surface area contributed by atoms with Gasteiger partial charge in [0.05, 0.1) is 24.9 Å². The Labute approximate surface area is 178 Å². The fraction of sp³-hybridized carbons (Fsp3) is 0.565. The first-order valence-electron chi connectivity index (χ1n) is 11.0. The number of aliphatic hydroxyl groups is 1. The van der Waals surface area contributed by atoms with E-state index in [1.54, 1.807) is 0 Å². The van der Waals surface area contributed by atoms with Gasteiger partial charge in [-0.1, -0.05) is 30.3 Å². The molecule has 1 aromatic heterocycles. The molecule has 30 heavy (non-hydrogen) atoms. The van der Waals surface area contributed by atoms with Crippen LogP contribution in [0.25, 0.3) is 0 Å². The van der Waals surface area contributed by atoms with Crippen molar-refractivity contribution in [2.75, 3.05) is 32.8 Å². The van der Waals surface area contributed by atoms with Gasteiger partial charge in [-0.15, -0.1) is 0 Å². The Bertz CT molecular complexity index is 845. The van der Waals surface area contributed by atoms with Gasteiger partial charge in [0, 0.05) is 38.4 Å². The number of aromatic nitrogens is 2. The van der Waals surface area contributed by atoms with Gasteiger partial charge in [0.15, 0.2) is 5.69 Å². The van der Waals surface area contributed by atoms with Gasteiger partial charge in [0.1, 0.15) is 0 Å². The molecule has 0 saturated carbocycles. The first kappa shape index (κ1) is 21.0. The second-order valence-electron chi connectivity index (χ2n) is 8.28. The molecule has 2 saturated heterocycles. The fourth-order valence-corrected chi connectivity index (χ4v) is 4.60. The van der Waals surface area contributed by atoms with Crippen LogP contribution in [0.2, 0.25) is 0 Å². The molecule has 1 N–H and O–H groups in total. The van der Waals surface area contributed by atoms with Crippen molar-refractivity contribution in [3.63, 3.8) is 0 Å². The normalized spacial score (nSPS) is 23.6. The molecule has 1 amide bonds. The average Bonchev–Trinajstić information content (AvgIpc) is 3.16. The molecule has 2 fully saturated rings. The topological polar surface area (TPSA) is 70.8 Å². The molecular weight excluding hydrogens is 380 g/mol. The highest BCUT2D eigenvalue weighted by molar-refractivity contribution is 5.92. The number of ether oxygens (including phenoxy) is 1. The Morgan fingerprint density at radius 2 is 1.93 bits per heavy atom. The van der Waals surface area contributed by atoms with E-state index in [9.17, 15) is 9.90 Å². The highest BCUT2D eigenvalue weighted by atomic mass is 16.5. The van der Waals surface area contributed by atoms with Crippen LogP contribution in [0.5, 0.6) is 0 Å². The van der Waals surface area contributed by atoms with E-state index < -0.39 is 0 Å². The molecule has 0 aliphatic carbocycles. The van der Waals surface area contributed by atoms with Crippen molar-refractivity contribution in [1.82, 2.24) is 19.6 Å². The number of hydrogen-bond acceptors (Lipinski definition) is 5. The number of benzene rings is 1. The Morgan fingerprint density at radius 3 is 2.60 bits per heavy atom. The lowest BCUT2D eigenvalue weighted by Crippen LogP contribution is -2.53. The molecule has 2 atom stereocenters. The summed E-state index contributed by atoms with van der Waals surface area (Å²) in [5, 5.41) is 14.4. The molecule has 7 nitrogen and oxygen atoms in total. The van der Waals surface area contributed by atoms with E-state index in [0.29, 0.717) is 18.8 Å². The Kier molecular flexibility index (Phi) is 6.51. The number of carbonyl (C=O) groups excluding carboxylic acids is 1. The molecule has 162 valence electrons. The maximum absolute atomic E-state index is 13.5. The molecule has 7 heteroatoms. The zero-order valence-corrected chi connectivity index (χ0v) is 17.9. The van der Waals surface area contributed by atoms with E-state index in [1.165, 1.54) is 0 Å². The predicted octanol–water partition coefficient (Wildman–Crippen LogP) is 2.25. The smallest absolute Gasteiger partial charge is 0.275 e. The van der Waals surface area contributed by atoms with E-state index >= 15 is 0 Å². The van der Waals surface area contributed by atoms with Crippen LogP contribution >= 0.6 is 0 Å². The van der Waals surface area contributed by atoms with Crippen LogP contribution in [-0.4, -0.2) is 75.6 Å². The standard InChI is InChI=1S/C23H32N4O3/c1-3-27-17(2)15-20(24-27)23(29)26-13-14-30-21(16-25-11-9-19(28)10-12-25)22(26)18-7-5-4-6-8-18/h4-8,15,19,21-22,28H,3,9-14,16H2,1-2H3/t21-,22-/m0/s1. The summed E-state index contributed by atoms with van der Waals surface area (Å²) in [5.74, 6) is -0.0403. The number of likely N-dealkylation sites (tertiary alicyclic amines) is 1. The van der Waals surface area contributed by atoms with Crippen LogP contribution in [0.15, 0.2) is 36.4 Å². The summed E-state index contributed by atoms with van der Waals surface area (Å²) in [6.07, 6.45) is 1.27. The van der Waals surface area contributed by atoms with Crippen molar-refractivity contribution in [2.24, 2.45) is 0 Å². The predicted molar refractivity (Wildman–Crippen MR) is 114 cm³/mol. The zero-order valence-electron chi connectivity index (χ0n) is 17.9. The maximum atomic E-state index is 13.5. The Hall–Kier alpha value is -2.22. The minimum Gasteiger partial charge on any atom is -0.393 e. The van der Waals surface area contributed by atoms with E-state index in [2.05, 4.69) is 22.1 Å². The van der Waals surface area contributed by atoms with Crippen LogP contribution in [0, 0.1) is 6.92 Å². The van der Waals surface area contributed by atoms with Crippen LogP contribution in [-0.2, 0) is 11.3 Å². The number of carbonyl (C=O) groups is 1. The summed E-state index contributed by atoms with van der Waals surface area (Å²) in [5.41, 5.74) is 2.57. The second kappa shape index (κ2) is 9.29. The summed E-state index contributed by atoms with van der Waals surface area (Å²) in [4.78, 5) is 17.8. The molecule has 4 rings (SSSR count). The first-order valence-corrected chi connectivity index (χ1v) is 11.0. The van der Waals surface area contributed by atoms with Crippen LogP contribution in [0.3, 0.4) is 0 Å². The van der Waals surface area contributed by atoms with Crippen LogP contribution in [0.1, 0.15) is 47.6 Å². The summed E-state index contributed by atoms with van der Waals surface area (Å²) in [6, 6.07) is 11.9. The highest BCUT2D eigenvalue weighted by Gasteiger charge is 2.38. The third-order valence-electron chi connectivity index (χ3n) is 6.25. The van der Waals surface area contributed by atoms with Crippen molar-refractivity contribution in [3.05, 3.63) is 53.3 Å². The number of aliphatic hydroxyl groups excluding tert-OH is 1.